The number of thioether (sulfide) groups is 2. The van der Waals surface area contributed by atoms with E-state index in [9.17, 15) is 22.8 Å². The maximum absolute atomic E-state index is 12.0. The van der Waals surface area contributed by atoms with Gasteiger partial charge in [0, 0.05) is 13.1 Å². The van der Waals surface area contributed by atoms with Crippen molar-refractivity contribution < 1.29 is 22.8 Å². The summed E-state index contributed by atoms with van der Waals surface area (Å²) in [5.41, 5.74) is 0. The lowest BCUT2D eigenvalue weighted by molar-refractivity contribution is -0.136. The quantitative estimate of drug-likeness (QED) is 0.465. The van der Waals surface area contributed by atoms with Crippen molar-refractivity contribution in [1.29, 1.82) is 0 Å². The number of nitrogen functional groups attached to an aromatic ring is 1. The Hall–Kier alpha value is -1.63. The summed E-state index contributed by atoms with van der Waals surface area (Å²) in [6.07, 6.45) is -4.46. The number of nitrogens with two attached hydrogens (primary N) is 1. The Morgan fingerprint density at radius 3 is 2.16 bits per heavy atom. The molecule has 0 aliphatic carbocycles. The highest BCUT2D eigenvalue weighted by Gasteiger charge is 2.27. The van der Waals surface area contributed by atoms with Crippen LogP contribution in [-0.4, -0.2) is 68.9 Å². The van der Waals surface area contributed by atoms with Gasteiger partial charge in [-0.2, -0.15) is 13.2 Å². The Bertz CT molecular complexity index is 592. The van der Waals surface area contributed by atoms with Crippen molar-refractivity contribution in [1.82, 2.24) is 25.1 Å². The minimum atomic E-state index is -4.46. The summed E-state index contributed by atoms with van der Waals surface area (Å²) < 4.78 is 37.1. The molecule has 0 saturated carbocycles. The molecule has 0 fully saturated rings. The summed E-state index contributed by atoms with van der Waals surface area (Å²) in [6.45, 7) is 3.54. The standard InChI is InChI=1S/C12H19F3N6O2S2/c1-3-20(4-2)9(23)6-25-11-19-18-10(21(11)16)24-5-8(22)17-7-12(13,14)15/h3-7,16H2,1-2H3,(H,17,22). The Kier molecular flexibility index (Phi) is 8.35. The van der Waals surface area contributed by atoms with E-state index in [0.29, 0.717) is 13.1 Å². The van der Waals surface area contributed by atoms with Gasteiger partial charge in [-0.3, -0.25) is 9.59 Å². The molecule has 142 valence electrons. The first-order valence-corrected chi connectivity index (χ1v) is 9.22. The third-order valence-electron chi connectivity index (χ3n) is 2.89. The van der Waals surface area contributed by atoms with Gasteiger partial charge in [-0.15, -0.1) is 10.2 Å². The number of amides is 2. The predicted molar refractivity (Wildman–Crippen MR) is 88.6 cm³/mol. The van der Waals surface area contributed by atoms with Crippen LogP contribution in [0.25, 0.3) is 0 Å². The third-order valence-corrected chi connectivity index (χ3v) is 4.76. The molecule has 0 bridgehead atoms. The largest absolute Gasteiger partial charge is 0.405 e. The molecule has 3 N–H and O–H groups in total. The second-order valence-corrected chi connectivity index (χ2v) is 6.56. The van der Waals surface area contributed by atoms with E-state index in [1.54, 1.807) is 10.2 Å². The first-order valence-electron chi connectivity index (χ1n) is 7.25. The van der Waals surface area contributed by atoms with Crippen LogP contribution in [0.3, 0.4) is 0 Å². The van der Waals surface area contributed by atoms with Crippen molar-refractivity contribution >= 4 is 35.3 Å². The third kappa shape index (κ3) is 7.42. The van der Waals surface area contributed by atoms with Crippen molar-refractivity contribution in [2.45, 2.75) is 30.3 Å². The van der Waals surface area contributed by atoms with Crippen LogP contribution in [0.2, 0.25) is 0 Å². The van der Waals surface area contributed by atoms with E-state index in [4.69, 9.17) is 5.84 Å². The minimum Gasteiger partial charge on any atom is -0.346 e. The van der Waals surface area contributed by atoms with E-state index < -0.39 is 18.6 Å². The van der Waals surface area contributed by atoms with Gasteiger partial charge < -0.3 is 16.1 Å². The summed E-state index contributed by atoms with van der Waals surface area (Å²) >= 11 is 1.95. The molecular formula is C12H19F3N6O2S2. The molecule has 0 atom stereocenters. The Morgan fingerprint density at radius 1 is 1.16 bits per heavy atom. The summed E-state index contributed by atoms with van der Waals surface area (Å²) in [5, 5.41) is 9.76. The summed E-state index contributed by atoms with van der Waals surface area (Å²) in [6, 6.07) is 0. The number of carbonyl (C=O) groups excluding carboxylic acids is 2. The molecule has 13 heteroatoms. The van der Waals surface area contributed by atoms with Crippen molar-refractivity contribution in [2.24, 2.45) is 0 Å². The average molecular weight is 400 g/mol. The molecule has 1 aromatic heterocycles. The molecule has 1 aromatic rings. The summed E-state index contributed by atoms with van der Waals surface area (Å²) in [4.78, 5) is 24.9. The first kappa shape index (κ1) is 21.4. The zero-order chi connectivity index (χ0) is 19.0. The number of halogens is 3. The molecule has 0 radical (unpaired) electrons. The molecule has 0 aromatic carbocycles. The van der Waals surface area contributed by atoms with Gasteiger partial charge in [0.2, 0.25) is 22.1 Å². The summed E-state index contributed by atoms with van der Waals surface area (Å²) in [7, 11) is 0. The molecule has 8 nitrogen and oxygen atoms in total. The van der Waals surface area contributed by atoms with Gasteiger partial charge in [0.25, 0.3) is 0 Å². The zero-order valence-electron chi connectivity index (χ0n) is 13.7. The van der Waals surface area contributed by atoms with E-state index in [-0.39, 0.29) is 27.7 Å². The highest BCUT2D eigenvalue weighted by atomic mass is 32.2. The highest BCUT2D eigenvalue weighted by Crippen LogP contribution is 2.21. The van der Waals surface area contributed by atoms with Crippen LogP contribution in [0, 0.1) is 0 Å². The van der Waals surface area contributed by atoms with Crippen LogP contribution >= 0.6 is 23.5 Å². The topological polar surface area (TPSA) is 106 Å². The van der Waals surface area contributed by atoms with Crippen molar-refractivity contribution in [3.05, 3.63) is 0 Å². The fraction of sp³-hybridized carbons (Fsp3) is 0.667. The van der Waals surface area contributed by atoms with Crippen molar-refractivity contribution in [3.63, 3.8) is 0 Å². The maximum atomic E-state index is 12.0. The molecule has 1 heterocycles. The van der Waals surface area contributed by atoms with Crippen LogP contribution in [0.4, 0.5) is 13.2 Å². The van der Waals surface area contributed by atoms with Crippen LogP contribution in [0.15, 0.2) is 10.3 Å². The lowest BCUT2D eigenvalue weighted by Crippen LogP contribution is -2.34. The van der Waals surface area contributed by atoms with Gasteiger partial charge in [0.05, 0.1) is 11.5 Å². The Balaban J connectivity index is 2.49. The highest BCUT2D eigenvalue weighted by molar-refractivity contribution is 8.00. The van der Waals surface area contributed by atoms with Crippen LogP contribution in [0.1, 0.15) is 13.8 Å². The van der Waals surface area contributed by atoms with Crippen molar-refractivity contribution in [3.8, 4) is 0 Å². The molecule has 0 aliphatic heterocycles. The molecule has 2 amide bonds. The van der Waals surface area contributed by atoms with Crippen LogP contribution < -0.4 is 11.2 Å². The molecule has 0 spiro atoms. The first-order chi connectivity index (χ1) is 11.7. The van der Waals surface area contributed by atoms with E-state index in [0.717, 1.165) is 28.2 Å². The molecule has 25 heavy (non-hydrogen) atoms. The molecule has 1 rings (SSSR count). The van der Waals surface area contributed by atoms with E-state index in [2.05, 4.69) is 10.2 Å². The van der Waals surface area contributed by atoms with E-state index in [1.165, 1.54) is 0 Å². The van der Waals surface area contributed by atoms with Gasteiger partial charge in [-0.05, 0) is 13.8 Å². The molecule has 0 unspecified atom stereocenters. The fourth-order valence-electron chi connectivity index (χ4n) is 1.63. The monoisotopic (exact) mass is 400 g/mol. The SMILES string of the molecule is CCN(CC)C(=O)CSc1nnc(SCC(=O)NCC(F)(F)F)n1N. The number of alkyl halides is 3. The number of nitrogens with zero attached hydrogens (tertiary/aromatic N) is 4. The van der Waals surface area contributed by atoms with E-state index >= 15 is 0 Å². The van der Waals surface area contributed by atoms with Gasteiger partial charge >= 0.3 is 6.18 Å². The minimum absolute atomic E-state index is 0.0706. The smallest absolute Gasteiger partial charge is 0.346 e. The summed E-state index contributed by atoms with van der Waals surface area (Å²) in [5.74, 6) is 4.76. The van der Waals surface area contributed by atoms with Crippen molar-refractivity contribution in [2.75, 3.05) is 37.0 Å². The number of aromatic nitrogens is 3. The van der Waals surface area contributed by atoms with E-state index in [1.807, 2.05) is 13.8 Å². The Labute approximate surface area is 151 Å². The average Bonchev–Trinajstić information content (AvgIpc) is 2.89. The lowest BCUT2D eigenvalue weighted by Gasteiger charge is -2.17. The van der Waals surface area contributed by atoms with Gasteiger partial charge in [0.1, 0.15) is 6.54 Å². The number of hydrogen-bond donors (Lipinski definition) is 2. The number of nitrogens with one attached hydrogen (secondary N) is 1. The normalized spacial score (nSPS) is 11.4. The zero-order valence-corrected chi connectivity index (χ0v) is 15.3. The molecule has 0 saturated heterocycles. The van der Waals surface area contributed by atoms with Crippen LogP contribution in [-0.2, 0) is 9.59 Å². The maximum Gasteiger partial charge on any atom is 0.405 e. The lowest BCUT2D eigenvalue weighted by atomic mass is 10.5. The second-order valence-electron chi connectivity index (χ2n) is 4.67. The van der Waals surface area contributed by atoms with Gasteiger partial charge in [0.15, 0.2) is 0 Å². The van der Waals surface area contributed by atoms with Gasteiger partial charge in [-0.1, -0.05) is 23.5 Å². The number of hydrogen-bond acceptors (Lipinski definition) is 7. The number of carbonyl (C=O) groups is 2. The predicted octanol–water partition coefficient (Wildman–Crippen LogP) is 0.723. The molecular weight excluding hydrogens is 381 g/mol. The Morgan fingerprint density at radius 2 is 1.68 bits per heavy atom. The number of rotatable bonds is 9. The molecule has 0 aliphatic rings. The van der Waals surface area contributed by atoms with Crippen LogP contribution in [0.5, 0.6) is 0 Å². The van der Waals surface area contributed by atoms with Gasteiger partial charge in [-0.25, -0.2) is 4.68 Å². The second kappa shape index (κ2) is 9.75. The fourth-order valence-corrected chi connectivity index (χ4v) is 3.14.